The normalized spacial score (nSPS) is 10.5. The van der Waals surface area contributed by atoms with E-state index >= 15 is 0 Å². The van der Waals surface area contributed by atoms with Crippen LogP contribution in [0, 0.1) is 17.0 Å². The minimum atomic E-state index is -0.524. The first-order valence-corrected chi connectivity index (χ1v) is 3.50. The highest BCUT2D eigenvalue weighted by Crippen LogP contribution is 2.08. The van der Waals surface area contributed by atoms with E-state index in [-0.39, 0.29) is 5.69 Å². The van der Waals surface area contributed by atoms with E-state index in [1.54, 1.807) is 6.92 Å². The van der Waals surface area contributed by atoms with Crippen LogP contribution in [0.25, 0.3) is 5.78 Å². The van der Waals surface area contributed by atoms with Crippen LogP contribution in [0.4, 0.5) is 5.69 Å². The molecule has 2 rings (SSSR count). The van der Waals surface area contributed by atoms with Crippen molar-refractivity contribution in [2.24, 2.45) is 0 Å². The lowest BCUT2D eigenvalue weighted by Crippen LogP contribution is -1.95. The molecule has 0 saturated heterocycles. The lowest BCUT2D eigenvalue weighted by molar-refractivity contribution is -0.385. The standard InChI is InChI=1S/C6H5N5O2/c1-4-8-6-7-2-5(11(12)13)3-10(6)9-4/h2-3H,1H3. The molecule has 2 aromatic rings. The van der Waals surface area contributed by atoms with E-state index in [1.165, 1.54) is 10.7 Å². The summed E-state index contributed by atoms with van der Waals surface area (Å²) in [6.07, 6.45) is 2.44. The average molecular weight is 179 g/mol. The van der Waals surface area contributed by atoms with Crippen molar-refractivity contribution in [2.45, 2.75) is 6.92 Å². The molecule has 0 aromatic carbocycles. The van der Waals surface area contributed by atoms with Gasteiger partial charge in [-0.25, -0.2) is 4.98 Å². The summed E-state index contributed by atoms with van der Waals surface area (Å²) in [6.45, 7) is 1.69. The Morgan fingerprint density at radius 3 is 3.08 bits per heavy atom. The number of rotatable bonds is 1. The highest BCUT2D eigenvalue weighted by molar-refractivity contribution is 5.32. The molecule has 0 aliphatic heterocycles. The minimum Gasteiger partial charge on any atom is -0.258 e. The molecular weight excluding hydrogens is 174 g/mol. The van der Waals surface area contributed by atoms with Gasteiger partial charge in [-0.05, 0) is 6.92 Å². The van der Waals surface area contributed by atoms with Gasteiger partial charge < -0.3 is 0 Å². The Labute approximate surface area is 72.2 Å². The highest BCUT2D eigenvalue weighted by atomic mass is 16.6. The van der Waals surface area contributed by atoms with Crippen LogP contribution in [0.5, 0.6) is 0 Å². The molecule has 0 aliphatic carbocycles. The summed E-state index contributed by atoms with van der Waals surface area (Å²) in [5.41, 5.74) is -0.0996. The Bertz CT molecular complexity index is 477. The Morgan fingerprint density at radius 2 is 2.38 bits per heavy atom. The van der Waals surface area contributed by atoms with Crippen molar-refractivity contribution in [2.75, 3.05) is 0 Å². The molecular formula is C6H5N5O2. The molecule has 0 fully saturated rings. The lowest BCUT2D eigenvalue weighted by atomic mass is 10.6. The van der Waals surface area contributed by atoms with Crippen molar-refractivity contribution in [3.05, 3.63) is 28.3 Å². The lowest BCUT2D eigenvalue weighted by Gasteiger charge is -1.90. The van der Waals surface area contributed by atoms with E-state index in [2.05, 4.69) is 15.1 Å². The number of hydrogen-bond donors (Lipinski definition) is 0. The zero-order valence-electron chi connectivity index (χ0n) is 6.71. The number of hydrogen-bond acceptors (Lipinski definition) is 5. The quantitative estimate of drug-likeness (QED) is 0.465. The van der Waals surface area contributed by atoms with Gasteiger partial charge in [0.05, 0.1) is 4.92 Å². The fourth-order valence-electron chi connectivity index (χ4n) is 0.970. The van der Waals surface area contributed by atoms with Crippen LogP contribution in [-0.2, 0) is 0 Å². The number of nitro groups is 1. The van der Waals surface area contributed by atoms with Crippen LogP contribution >= 0.6 is 0 Å². The molecule has 0 aliphatic rings. The van der Waals surface area contributed by atoms with Crippen molar-refractivity contribution in [3.8, 4) is 0 Å². The van der Waals surface area contributed by atoms with E-state index in [1.807, 2.05) is 0 Å². The van der Waals surface area contributed by atoms with Crippen LogP contribution < -0.4 is 0 Å². The summed E-state index contributed by atoms with van der Waals surface area (Å²) in [6, 6.07) is 0. The number of nitrogens with zero attached hydrogens (tertiary/aromatic N) is 5. The highest BCUT2D eigenvalue weighted by Gasteiger charge is 2.08. The van der Waals surface area contributed by atoms with E-state index < -0.39 is 4.92 Å². The number of aromatic nitrogens is 4. The molecule has 0 unspecified atom stereocenters. The Balaban J connectivity index is 2.67. The number of fused-ring (bicyclic) bond motifs is 1. The van der Waals surface area contributed by atoms with Gasteiger partial charge in [-0.1, -0.05) is 0 Å². The Kier molecular flexibility index (Phi) is 1.44. The second-order valence-electron chi connectivity index (χ2n) is 2.47. The van der Waals surface area contributed by atoms with Gasteiger partial charge in [0.2, 0.25) is 0 Å². The molecule has 7 heteroatoms. The summed E-state index contributed by atoms with van der Waals surface area (Å²) < 4.78 is 1.29. The Morgan fingerprint density at radius 1 is 1.62 bits per heavy atom. The molecule has 66 valence electrons. The zero-order chi connectivity index (χ0) is 9.42. The van der Waals surface area contributed by atoms with Crippen molar-refractivity contribution >= 4 is 11.5 Å². The predicted octanol–water partition coefficient (Wildman–Crippen LogP) is 0.341. The van der Waals surface area contributed by atoms with Crippen LogP contribution in [0.15, 0.2) is 12.4 Å². The third-order valence-electron chi connectivity index (χ3n) is 1.50. The first-order valence-electron chi connectivity index (χ1n) is 3.50. The largest absolute Gasteiger partial charge is 0.305 e. The first-order chi connectivity index (χ1) is 6.16. The summed E-state index contributed by atoms with van der Waals surface area (Å²) >= 11 is 0. The third-order valence-corrected chi connectivity index (χ3v) is 1.50. The second kappa shape index (κ2) is 2.47. The monoisotopic (exact) mass is 179 g/mol. The van der Waals surface area contributed by atoms with Gasteiger partial charge in [-0.2, -0.15) is 14.6 Å². The van der Waals surface area contributed by atoms with Crippen LogP contribution in [0.1, 0.15) is 5.82 Å². The first kappa shape index (κ1) is 7.59. The summed E-state index contributed by atoms with van der Waals surface area (Å²) in [5, 5.41) is 14.3. The van der Waals surface area contributed by atoms with Gasteiger partial charge in [0, 0.05) is 0 Å². The molecule has 0 N–H and O–H groups in total. The van der Waals surface area contributed by atoms with E-state index in [9.17, 15) is 10.1 Å². The molecule has 0 saturated carbocycles. The van der Waals surface area contributed by atoms with Crippen LogP contribution in [0.3, 0.4) is 0 Å². The maximum absolute atomic E-state index is 10.4. The molecule has 0 bridgehead atoms. The maximum atomic E-state index is 10.4. The van der Waals surface area contributed by atoms with Gasteiger partial charge in [0.25, 0.3) is 5.78 Å². The summed E-state index contributed by atoms with van der Waals surface area (Å²) in [7, 11) is 0. The van der Waals surface area contributed by atoms with Gasteiger partial charge in [-0.3, -0.25) is 10.1 Å². The molecule has 13 heavy (non-hydrogen) atoms. The van der Waals surface area contributed by atoms with Gasteiger partial charge >= 0.3 is 5.69 Å². The fourth-order valence-corrected chi connectivity index (χ4v) is 0.970. The zero-order valence-corrected chi connectivity index (χ0v) is 6.71. The number of aryl methyl sites for hydroxylation is 1. The van der Waals surface area contributed by atoms with Crippen molar-refractivity contribution in [1.29, 1.82) is 0 Å². The smallest absolute Gasteiger partial charge is 0.258 e. The van der Waals surface area contributed by atoms with Crippen LogP contribution in [0.2, 0.25) is 0 Å². The molecule has 0 radical (unpaired) electrons. The Hall–Kier alpha value is -2.05. The molecule has 0 atom stereocenters. The minimum absolute atomic E-state index is 0.0996. The molecule has 0 amide bonds. The molecule has 2 heterocycles. The van der Waals surface area contributed by atoms with Crippen LogP contribution in [-0.4, -0.2) is 24.5 Å². The molecule has 2 aromatic heterocycles. The SMILES string of the molecule is Cc1nc2ncc([N+](=O)[O-])cn2n1. The van der Waals surface area contributed by atoms with Gasteiger partial charge in [0.1, 0.15) is 18.2 Å². The predicted molar refractivity (Wildman–Crippen MR) is 42.2 cm³/mol. The fraction of sp³-hybridized carbons (Fsp3) is 0.167. The van der Waals surface area contributed by atoms with E-state index in [0.29, 0.717) is 11.6 Å². The maximum Gasteiger partial charge on any atom is 0.305 e. The van der Waals surface area contributed by atoms with E-state index in [4.69, 9.17) is 0 Å². The van der Waals surface area contributed by atoms with Gasteiger partial charge in [0.15, 0.2) is 0 Å². The average Bonchev–Trinajstić information content (AvgIpc) is 2.42. The second-order valence-corrected chi connectivity index (χ2v) is 2.47. The summed E-state index contributed by atoms with van der Waals surface area (Å²) in [5.74, 6) is 0.899. The van der Waals surface area contributed by atoms with Crippen molar-refractivity contribution < 1.29 is 4.92 Å². The van der Waals surface area contributed by atoms with Gasteiger partial charge in [-0.15, -0.1) is 0 Å². The topological polar surface area (TPSA) is 86.2 Å². The van der Waals surface area contributed by atoms with E-state index in [0.717, 1.165) is 6.20 Å². The van der Waals surface area contributed by atoms with Crippen molar-refractivity contribution in [3.63, 3.8) is 0 Å². The third kappa shape index (κ3) is 1.19. The molecule has 0 spiro atoms. The van der Waals surface area contributed by atoms with Crippen molar-refractivity contribution in [1.82, 2.24) is 19.6 Å². The summed E-state index contributed by atoms with van der Waals surface area (Å²) in [4.78, 5) is 17.5. The molecule has 7 nitrogen and oxygen atoms in total.